The van der Waals surface area contributed by atoms with Crippen LogP contribution in [0, 0.1) is 0 Å². The second kappa shape index (κ2) is 7.31. The van der Waals surface area contributed by atoms with Gasteiger partial charge in [-0.3, -0.25) is 0 Å². The van der Waals surface area contributed by atoms with Crippen LogP contribution in [0.4, 0.5) is 0 Å². The number of hydrogen-bond acceptors (Lipinski definition) is 4. The lowest BCUT2D eigenvalue weighted by Gasteiger charge is -2.36. The molecule has 1 aromatic carbocycles. The van der Waals surface area contributed by atoms with Crippen molar-refractivity contribution < 1.29 is 8.42 Å². The molecule has 2 aromatic rings. The molecule has 7 heteroatoms. The summed E-state index contributed by atoms with van der Waals surface area (Å²) in [6.45, 7) is 1.93. The fourth-order valence-corrected chi connectivity index (χ4v) is 6.97. The summed E-state index contributed by atoms with van der Waals surface area (Å²) in [6.07, 6.45) is 7.08. The number of rotatable bonds is 3. The van der Waals surface area contributed by atoms with Gasteiger partial charge in [-0.1, -0.05) is 31.4 Å². The van der Waals surface area contributed by atoms with Crippen LogP contribution < -0.4 is 0 Å². The minimum atomic E-state index is -3.41. The molecule has 0 aliphatic carbocycles. The first-order valence-electron chi connectivity index (χ1n) is 9.29. The highest BCUT2D eigenvalue weighted by Crippen LogP contribution is 2.38. The maximum atomic E-state index is 13.3. The van der Waals surface area contributed by atoms with E-state index in [9.17, 15) is 8.42 Å². The van der Waals surface area contributed by atoms with E-state index in [4.69, 9.17) is 4.98 Å². The topological polar surface area (TPSA) is 53.5 Å². The van der Waals surface area contributed by atoms with Crippen LogP contribution in [0.3, 0.4) is 0 Å². The first-order valence-corrected chi connectivity index (χ1v) is 11.5. The van der Waals surface area contributed by atoms with Gasteiger partial charge in [0.1, 0.15) is 5.01 Å². The van der Waals surface area contributed by atoms with Crippen molar-refractivity contribution in [2.45, 2.75) is 51.0 Å². The predicted molar refractivity (Wildman–Crippen MR) is 102 cm³/mol. The summed E-state index contributed by atoms with van der Waals surface area (Å²) in [7, 11) is -3.41. The van der Waals surface area contributed by atoms with Crippen LogP contribution in [0.25, 0.3) is 10.2 Å². The second-order valence-electron chi connectivity index (χ2n) is 6.96. The molecule has 0 saturated carbocycles. The molecule has 4 rings (SSSR count). The normalized spacial score (nSPS) is 24.4. The Hall–Kier alpha value is -1.02. The van der Waals surface area contributed by atoms with Crippen LogP contribution in [-0.4, -0.2) is 41.6 Å². The lowest BCUT2D eigenvalue weighted by molar-refractivity contribution is 0.234. The number of thiazole rings is 1. The average Bonchev–Trinajstić information content (AvgIpc) is 2.86. The number of hydrogen-bond donors (Lipinski definition) is 0. The fraction of sp³-hybridized carbons (Fsp3) is 0.611. The summed E-state index contributed by atoms with van der Waals surface area (Å²) >= 11 is 1.64. The summed E-state index contributed by atoms with van der Waals surface area (Å²) in [5.41, 5.74) is 0.972. The summed E-state index contributed by atoms with van der Waals surface area (Å²) in [5.74, 6) is 0. The van der Waals surface area contributed by atoms with Gasteiger partial charge in [0.25, 0.3) is 10.2 Å². The number of fused-ring (bicyclic) bond motifs is 1. The molecule has 5 nitrogen and oxygen atoms in total. The van der Waals surface area contributed by atoms with Gasteiger partial charge in [-0.15, -0.1) is 11.3 Å². The first kappa shape index (κ1) is 17.4. The maximum Gasteiger partial charge on any atom is 0.282 e. The molecule has 0 radical (unpaired) electrons. The summed E-state index contributed by atoms with van der Waals surface area (Å²) in [4.78, 5) is 4.76. The summed E-state index contributed by atoms with van der Waals surface area (Å²) < 4.78 is 31.2. The van der Waals surface area contributed by atoms with Gasteiger partial charge in [-0.25, -0.2) is 4.98 Å². The third-order valence-electron chi connectivity index (χ3n) is 5.24. The Balaban J connectivity index is 1.66. The molecule has 0 spiro atoms. The zero-order valence-corrected chi connectivity index (χ0v) is 16.1. The Morgan fingerprint density at radius 2 is 1.68 bits per heavy atom. The molecular weight excluding hydrogens is 354 g/mol. The van der Waals surface area contributed by atoms with E-state index in [2.05, 4.69) is 6.07 Å². The molecule has 25 heavy (non-hydrogen) atoms. The molecule has 1 atom stereocenters. The van der Waals surface area contributed by atoms with Crippen molar-refractivity contribution >= 4 is 31.8 Å². The highest BCUT2D eigenvalue weighted by atomic mass is 32.2. The third kappa shape index (κ3) is 3.47. The minimum Gasteiger partial charge on any atom is -0.239 e. The Kier molecular flexibility index (Phi) is 5.08. The van der Waals surface area contributed by atoms with Gasteiger partial charge >= 0.3 is 0 Å². The predicted octanol–water partition coefficient (Wildman–Crippen LogP) is 3.94. The van der Waals surface area contributed by atoms with Gasteiger partial charge in [0.2, 0.25) is 0 Å². The van der Waals surface area contributed by atoms with Crippen molar-refractivity contribution in [3.05, 3.63) is 29.3 Å². The number of aromatic nitrogens is 1. The highest BCUT2D eigenvalue weighted by molar-refractivity contribution is 7.86. The molecule has 3 heterocycles. The molecule has 2 aliphatic heterocycles. The van der Waals surface area contributed by atoms with Crippen LogP contribution in [0.15, 0.2) is 24.3 Å². The molecule has 1 unspecified atom stereocenters. The van der Waals surface area contributed by atoms with Crippen molar-refractivity contribution in [3.8, 4) is 0 Å². The third-order valence-corrected chi connectivity index (χ3v) is 8.42. The van der Waals surface area contributed by atoms with Crippen LogP contribution >= 0.6 is 11.3 Å². The fourth-order valence-electron chi connectivity index (χ4n) is 3.88. The van der Waals surface area contributed by atoms with Crippen molar-refractivity contribution in [2.75, 3.05) is 19.6 Å². The van der Waals surface area contributed by atoms with Crippen molar-refractivity contribution in [2.24, 2.45) is 0 Å². The quantitative estimate of drug-likeness (QED) is 0.811. The molecule has 0 bridgehead atoms. The largest absolute Gasteiger partial charge is 0.282 e. The van der Waals surface area contributed by atoms with Gasteiger partial charge in [0.15, 0.2) is 0 Å². The lowest BCUT2D eigenvalue weighted by Crippen LogP contribution is -2.47. The number of nitrogens with zero attached hydrogens (tertiary/aromatic N) is 3. The van der Waals surface area contributed by atoms with Crippen LogP contribution in [0.1, 0.15) is 56.0 Å². The summed E-state index contributed by atoms with van der Waals surface area (Å²) in [5, 5.41) is 0.944. The molecule has 2 fully saturated rings. The van der Waals surface area contributed by atoms with Gasteiger partial charge in [-0.05, 0) is 37.8 Å². The Bertz CT molecular complexity index is 793. The average molecular weight is 380 g/mol. The zero-order chi connectivity index (χ0) is 17.3. The van der Waals surface area contributed by atoms with E-state index in [-0.39, 0.29) is 6.04 Å². The monoisotopic (exact) mass is 379 g/mol. The van der Waals surface area contributed by atoms with E-state index in [0.29, 0.717) is 19.6 Å². The van der Waals surface area contributed by atoms with Crippen molar-refractivity contribution in [1.82, 2.24) is 13.6 Å². The van der Waals surface area contributed by atoms with Crippen LogP contribution in [-0.2, 0) is 10.2 Å². The Morgan fingerprint density at radius 3 is 2.44 bits per heavy atom. The number of para-hydroxylation sites is 1. The molecule has 2 saturated heterocycles. The second-order valence-corrected chi connectivity index (χ2v) is 9.91. The van der Waals surface area contributed by atoms with Crippen LogP contribution in [0.5, 0.6) is 0 Å². The van der Waals surface area contributed by atoms with Gasteiger partial charge in [0, 0.05) is 19.6 Å². The van der Waals surface area contributed by atoms with E-state index in [1.807, 2.05) is 18.2 Å². The van der Waals surface area contributed by atoms with E-state index in [0.717, 1.165) is 60.2 Å². The molecular formula is C18H25N3O2S2. The zero-order valence-electron chi connectivity index (χ0n) is 14.4. The van der Waals surface area contributed by atoms with E-state index in [1.54, 1.807) is 19.9 Å². The highest BCUT2D eigenvalue weighted by Gasteiger charge is 2.38. The molecule has 2 aliphatic rings. The van der Waals surface area contributed by atoms with E-state index in [1.165, 1.54) is 0 Å². The molecule has 136 valence electrons. The maximum absolute atomic E-state index is 13.3. The van der Waals surface area contributed by atoms with Crippen molar-refractivity contribution in [3.63, 3.8) is 0 Å². The smallest absolute Gasteiger partial charge is 0.239 e. The van der Waals surface area contributed by atoms with E-state index < -0.39 is 10.2 Å². The SMILES string of the molecule is O=S(=O)(N1CCCCCC1)N1CCCCC1c1nc2ccccc2s1. The van der Waals surface area contributed by atoms with Gasteiger partial charge in [0.05, 0.1) is 16.3 Å². The lowest BCUT2D eigenvalue weighted by atomic mass is 10.1. The Labute approximate surface area is 153 Å². The Morgan fingerprint density at radius 1 is 0.960 bits per heavy atom. The molecule has 0 amide bonds. The molecule has 0 N–H and O–H groups in total. The first-order chi connectivity index (χ1) is 12.2. The molecule has 1 aromatic heterocycles. The number of benzene rings is 1. The van der Waals surface area contributed by atoms with Crippen molar-refractivity contribution in [1.29, 1.82) is 0 Å². The minimum absolute atomic E-state index is 0.112. The summed E-state index contributed by atoms with van der Waals surface area (Å²) in [6, 6.07) is 7.95. The number of piperidine rings is 1. The standard InChI is InChI=1S/C18H25N3O2S2/c22-25(23,20-12-6-1-2-7-13-20)21-14-8-5-10-16(21)18-19-15-9-3-4-11-17(15)24-18/h3-4,9,11,16H,1-2,5-8,10,12-14H2. The van der Waals surface area contributed by atoms with E-state index >= 15 is 0 Å². The van der Waals surface area contributed by atoms with Crippen LogP contribution in [0.2, 0.25) is 0 Å². The van der Waals surface area contributed by atoms with Gasteiger partial charge in [-0.2, -0.15) is 17.0 Å². The van der Waals surface area contributed by atoms with Gasteiger partial charge < -0.3 is 0 Å².